The van der Waals surface area contributed by atoms with Crippen LogP contribution in [0, 0.1) is 5.92 Å². The Hall–Kier alpha value is -1.45. The van der Waals surface area contributed by atoms with E-state index in [9.17, 15) is 9.36 Å². The molecule has 2 atom stereocenters. The first kappa shape index (κ1) is 15.6. The van der Waals surface area contributed by atoms with E-state index < -0.39 is 20.2 Å². The van der Waals surface area contributed by atoms with E-state index in [4.69, 9.17) is 9.26 Å². The lowest BCUT2D eigenvalue weighted by atomic mass is 10.1. The molecule has 1 N–H and O–H groups in total. The molecule has 1 aromatic rings. The Balaban J connectivity index is 2.59. The molecule has 1 rings (SSSR count). The van der Waals surface area contributed by atoms with Crippen molar-refractivity contribution in [3.05, 3.63) is 30.3 Å². The second-order valence-corrected chi connectivity index (χ2v) is 5.22. The standard InChI is InChI=1S/C13H19NO4P/c1-4-17-13(15)12(10(2)3)14-19(16)18-11-8-6-5-7-9-11/h5-10,12H,4H2,1-3H3,(H,14,16)/q+1. The van der Waals surface area contributed by atoms with Gasteiger partial charge in [0, 0.05) is 4.57 Å². The Bertz CT molecular complexity index is 422. The fraction of sp³-hybridized carbons (Fsp3) is 0.462. The van der Waals surface area contributed by atoms with E-state index in [1.54, 1.807) is 31.2 Å². The number of carbonyl (C=O) groups excluding carboxylic acids is 1. The number of hydrogen-bond donors (Lipinski definition) is 1. The van der Waals surface area contributed by atoms with Crippen LogP contribution in [0.5, 0.6) is 5.75 Å². The van der Waals surface area contributed by atoms with Crippen LogP contribution in [-0.4, -0.2) is 18.6 Å². The molecule has 2 unspecified atom stereocenters. The minimum atomic E-state index is -2.17. The number of para-hydroxylation sites is 1. The molecule has 19 heavy (non-hydrogen) atoms. The summed E-state index contributed by atoms with van der Waals surface area (Å²) in [5.41, 5.74) is 0. The van der Waals surface area contributed by atoms with Crippen molar-refractivity contribution < 1.29 is 18.6 Å². The van der Waals surface area contributed by atoms with Crippen LogP contribution in [0.2, 0.25) is 0 Å². The average Bonchev–Trinajstić information content (AvgIpc) is 2.37. The highest BCUT2D eigenvalue weighted by molar-refractivity contribution is 7.37. The summed E-state index contributed by atoms with van der Waals surface area (Å²) >= 11 is 0. The molecule has 104 valence electrons. The molecule has 0 amide bonds. The summed E-state index contributed by atoms with van der Waals surface area (Å²) in [6.45, 7) is 5.72. The zero-order valence-electron chi connectivity index (χ0n) is 11.3. The fourth-order valence-corrected chi connectivity index (χ4v) is 2.42. The lowest BCUT2D eigenvalue weighted by Gasteiger charge is -2.14. The molecule has 5 nitrogen and oxygen atoms in total. The van der Waals surface area contributed by atoms with Crippen LogP contribution in [0.15, 0.2) is 30.3 Å². The first-order valence-corrected chi connectivity index (χ1v) is 7.35. The SMILES string of the molecule is CCOC(=O)C(N[P+](=O)Oc1ccccc1)C(C)C. The van der Waals surface area contributed by atoms with E-state index in [2.05, 4.69) is 5.09 Å². The fourth-order valence-electron chi connectivity index (χ4n) is 1.42. The van der Waals surface area contributed by atoms with Gasteiger partial charge >= 0.3 is 14.1 Å². The van der Waals surface area contributed by atoms with Gasteiger partial charge in [-0.1, -0.05) is 37.1 Å². The Kier molecular flexibility index (Phi) is 6.46. The van der Waals surface area contributed by atoms with Gasteiger partial charge in [0.2, 0.25) is 0 Å². The highest BCUT2D eigenvalue weighted by Crippen LogP contribution is 2.24. The van der Waals surface area contributed by atoms with E-state index >= 15 is 0 Å². The smallest absolute Gasteiger partial charge is 0.465 e. The van der Waals surface area contributed by atoms with Gasteiger partial charge in [0.25, 0.3) is 0 Å². The second-order valence-electron chi connectivity index (χ2n) is 4.26. The van der Waals surface area contributed by atoms with Crippen molar-refractivity contribution in [2.75, 3.05) is 6.61 Å². The predicted octanol–water partition coefficient (Wildman–Crippen LogP) is 2.90. The first-order chi connectivity index (χ1) is 9.04. The summed E-state index contributed by atoms with van der Waals surface area (Å²) in [4.78, 5) is 11.7. The van der Waals surface area contributed by atoms with Gasteiger partial charge in [0.1, 0.15) is 0 Å². The largest absolute Gasteiger partial charge is 0.664 e. The van der Waals surface area contributed by atoms with Crippen LogP contribution >= 0.6 is 8.18 Å². The minimum absolute atomic E-state index is 0.0441. The normalized spacial score (nSPS) is 12.9. The maximum Gasteiger partial charge on any atom is 0.664 e. The molecule has 0 aliphatic rings. The average molecular weight is 284 g/mol. The Morgan fingerprint density at radius 1 is 1.32 bits per heavy atom. The van der Waals surface area contributed by atoms with Gasteiger partial charge in [0.15, 0.2) is 11.8 Å². The van der Waals surface area contributed by atoms with Crippen molar-refractivity contribution in [1.29, 1.82) is 0 Å². The molecule has 0 aromatic heterocycles. The van der Waals surface area contributed by atoms with Crippen molar-refractivity contribution in [3.63, 3.8) is 0 Å². The maximum absolute atomic E-state index is 11.8. The molecule has 0 aliphatic heterocycles. The lowest BCUT2D eigenvalue weighted by molar-refractivity contribution is -0.146. The van der Waals surface area contributed by atoms with Gasteiger partial charge in [-0.2, -0.15) is 0 Å². The number of nitrogens with one attached hydrogen (secondary N) is 1. The quantitative estimate of drug-likeness (QED) is 0.616. The maximum atomic E-state index is 11.8. The molecule has 0 spiro atoms. The van der Waals surface area contributed by atoms with E-state index in [-0.39, 0.29) is 5.92 Å². The Morgan fingerprint density at radius 2 is 1.95 bits per heavy atom. The molecule has 6 heteroatoms. The van der Waals surface area contributed by atoms with Crippen LogP contribution in [0.3, 0.4) is 0 Å². The van der Waals surface area contributed by atoms with Gasteiger partial charge in [-0.3, -0.25) is 4.79 Å². The summed E-state index contributed by atoms with van der Waals surface area (Å²) < 4.78 is 22.0. The molecule has 0 heterocycles. The van der Waals surface area contributed by atoms with Gasteiger partial charge in [-0.05, 0) is 25.0 Å². The Morgan fingerprint density at radius 3 is 2.47 bits per heavy atom. The third-order valence-electron chi connectivity index (χ3n) is 2.38. The van der Waals surface area contributed by atoms with E-state index in [1.807, 2.05) is 19.9 Å². The zero-order chi connectivity index (χ0) is 14.3. The van der Waals surface area contributed by atoms with Crippen molar-refractivity contribution in [3.8, 4) is 5.75 Å². The molecule has 0 fully saturated rings. The number of esters is 1. The van der Waals surface area contributed by atoms with Crippen molar-refractivity contribution in [2.45, 2.75) is 26.8 Å². The molecule has 0 saturated carbocycles. The second kappa shape index (κ2) is 7.87. The number of hydrogen-bond acceptors (Lipinski definition) is 4. The van der Waals surface area contributed by atoms with Crippen LogP contribution in [0.4, 0.5) is 0 Å². The van der Waals surface area contributed by atoms with Crippen molar-refractivity contribution in [1.82, 2.24) is 5.09 Å². The van der Waals surface area contributed by atoms with Crippen LogP contribution < -0.4 is 9.61 Å². The monoisotopic (exact) mass is 284 g/mol. The highest BCUT2D eigenvalue weighted by Gasteiger charge is 2.34. The van der Waals surface area contributed by atoms with Gasteiger partial charge in [-0.25, -0.2) is 4.52 Å². The molecule has 0 saturated heterocycles. The molecule has 0 aliphatic carbocycles. The number of rotatable bonds is 7. The summed E-state index contributed by atoms with van der Waals surface area (Å²) in [5, 5.41) is 2.66. The van der Waals surface area contributed by atoms with Crippen molar-refractivity contribution in [2.24, 2.45) is 5.92 Å². The molecule has 0 radical (unpaired) electrons. The Labute approximate surface area is 114 Å². The van der Waals surface area contributed by atoms with Crippen LogP contribution in [0.25, 0.3) is 0 Å². The van der Waals surface area contributed by atoms with E-state index in [1.165, 1.54) is 0 Å². The zero-order valence-corrected chi connectivity index (χ0v) is 12.2. The van der Waals surface area contributed by atoms with Crippen LogP contribution in [-0.2, 0) is 14.1 Å². The van der Waals surface area contributed by atoms with Gasteiger partial charge < -0.3 is 4.74 Å². The molecular formula is C13H19NO4P+. The third-order valence-corrected chi connectivity index (χ3v) is 3.25. The predicted molar refractivity (Wildman–Crippen MR) is 73.1 cm³/mol. The van der Waals surface area contributed by atoms with E-state index in [0.717, 1.165) is 0 Å². The summed E-state index contributed by atoms with van der Waals surface area (Å²) in [5.74, 6) is 0.0253. The summed E-state index contributed by atoms with van der Waals surface area (Å²) in [6.07, 6.45) is 0. The first-order valence-electron chi connectivity index (χ1n) is 6.17. The molecular weight excluding hydrogens is 265 g/mol. The van der Waals surface area contributed by atoms with Gasteiger partial charge in [0.05, 0.1) is 6.61 Å². The summed E-state index contributed by atoms with van der Waals surface area (Å²) in [6, 6.07) is 8.15. The third kappa shape index (κ3) is 5.37. The highest BCUT2D eigenvalue weighted by atomic mass is 31.1. The van der Waals surface area contributed by atoms with E-state index in [0.29, 0.717) is 12.4 Å². The molecule has 1 aromatic carbocycles. The lowest BCUT2D eigenvalue weighted by Crippen LogP contribution is -2.39. The summed E-state index contributed by atoms with van der Waals surface area (Å²) in [7, 11) is -2.17. The van der Waals surface area contributed by atoms with Crippen LogP contribution in [0.1, 0.15) is 20.8 Å². The minimum Gasteiger partial charge on any atom is -0.465 e. The number of benzene rings is 1. The topological polar surface area (TPSA) is 64.6 Å². The number of carbonyl (C=O) groups is 1. The number of ether oxygens (including phenoxy) is 1. The molecule has 0 bridgehead atoms. The van der Waals surface area contributed by atoms with Gasteiger partial charge in [-0.15, -0.1) is 0 Å². The van der Waals surface area contributed by atoms with Crippen molar-refractivity contribution >= 4 is 14.1 Å².